The summed E-state index contributed by atoms with van der Waals surface area (Å²) in [5.74, 6) is -1.17. The maximum Gasteiger partial charge on any atom is 0.415 e. The van der Waals surface area contributed by atoms with Gasteiger partial charge in [-0.25, -0.2) is 9.68 Å². The summed E-state index contributed by atoms with van der Waals surface area (Å²) in [4.78, 5) is 15.8. The number of halogens is 2. The van der Waals surface area contributed by atoms with E-state index in [2.05, 4.69) is 14.3 Å². The fraction of sp³-hybridized carbons (Fsp3) is 0.929. The molecule has 0 aromatic heterocycles. The van der Waals surface area contributed by atoms with Crippen LogP contribution in [0.1, 0.15) is 51.4 Å². The molecule has 0 radical (unpaired) electrons. The van der Waals surface area contributed by atoms with Crippen LogP contribution in [0.4, 0.5) is 8.78 Å². The van der Waals surface area contributed by atoms with Gasteiger partial charge < -0.3 is 4.74 Å². The van der Waals surface area contributed by atoms with Crippen molar-refractivity contribution in [3.8, 4) is 0 Å². The van der Waals surface area contributed by atoms with Gasteiger partial charge in [-0.3, -0.25) is 0 Å². The maximum absolute atomic E-state index is 13.7. The molecule has 22 heavy (non-hydrogen) atoms. The number of hydrogen-bond acceptors (Lipinski definition) is 6. The fourth-order valence-electron chi connectivity index (χ4n) is 3.46. The second-order valence-electron chi connectivity index (χ2n) is 5.86. The molecule has 0 saturated heterocycles. The molecule has 2 aliphatic carbocycles. The number of alkyl halides is 2. The van der Waals surface area contributed by atoms with Crippen LogP contribution in [-0.4, -0.2) is 24.4 Å². The Morgan fingerprint density at radius 1 is 1.09 bits per heavy atom. The Labute approximate surface area is 133 Å². The lowest BCUT2D eigenvalue weighted by molar-refractivity contribution is -0.448. The predicted octanol–water partition coefficient (Wildman–Crippen LogP) is 4.03. The van der Waals surface area contributed by atoms with Crippen molar-refractivity contribution in [2.75, 3.05) is 7.11 Å². The molecular formula is C14H22F2O5S. The van der Waals surface area contributed by atoms with Gasteiger partial charge in [-0.05, 0) is 37.5 Å². The van der Waals surface area contributed by atoms with Crippen LogP contribution in [0.25, 0.3) is 0 Å². The van der Waals surface area contributed by atoms with Gasteiger partial charge in [-0.15, -0.1) is 4.33 Å². The second kappa shape index (κ2) is 8.42. The van der Waals surface area contributed by atoms with Crippen LogP contribution in [0.15, 0.2) is 0 Å². The van der Waals surface area contributed by atoms with E-state index < -0.39 is 29.4 Å². The third-order valence-corrected chi connectivity index (χ3v) is 4.94. The molecule has 0 bridgehead atoms. The first-order valence-electron chi connectivity index (χ1n) is 7.68. The highest BCUT2D eigenvalue weighted by atomic mass is 32.2. The quantitative estimate of drug-likeness (QED) is 0.219. The lowest BCUT2D eigenvalue weighted by Crippen LogP contribution is -2.37. The highest BCUT2D eigenvalue weighted by Crippen LogP contribution is 2.41. The third-order valence-electron chi connectivity index (χ3n) is 4.44. The molecule has 0 N–H and O–H groups in total. The largest absolute Gasteiger partial charge is 0.457 e. The average molecular weight is 340 g/mol. The first-order chi connectivity index (χ1) is 10.5. The van der Waals surface area contributed by atoms with Crippen molar-refractivity contribution in [2.24, 2.45) is 11.8 Å². The summed E-state index contributed by atoms with van der Waals surface area (Å²) in [5.41, 5.74) is 0. The molecule has 0 atom stereocenters. The minimum Gasteiger partial charge on any atom is -0.457 e. The van der Waals surface area contributed by atoms with Crippen LogP contribution >= 0.6 is 12.0 Å². The van der Waals surface area contributed by atoms with Gasteiger partial charge in [0.15, 0.2) is 0 Å². The first kappa shape index (κ1) is 17.9. The molecule has 0 unspecified atom stereocenters. The Kier molecular flexibility index (Phi) is 6.86. The van der Waals surface area contributed by atoms with Gasteiger partial charge in [-0.1, -0.05) is 30.7 Å². The normalized spacial score (nSPS) is 20.9. The summed E-state index contributed by atoms with van der Waals surface area (Å²) in [7, 11) is 1.10. The Balaban J connectivity index is 1.94. The number of esters is 1. The van der Waals surface area contributed by atoms with E-state index >= 15 is 0 Å². The number of carbonyl (C=O) groups is 1. The molecule has 8 heteroatoms. The summed E-state index contributed by atoms with van der Waals surface area (Å²) < 4.78 is 36.7. The van der Waals surface area contributed by atoms with Gasteiger partial charge in [-0.2, -0.15) is 8.78 Å². The van der Waals surface area contributed by atoms with Gasteiger partial charge in [0.2, 0.25) is 0 Å². The molecule has 128 valence electrons. The number of rotatable bonds is 8. The van der Waals surface area contributed by atoms with Crippen molar-refractivity contribution in [1.82, 2.24) is 0 Å². The monoisotopic (exact) mass is 340 g/mol. The topological polar surface area (TPSA) is 54.0 Å². The predicted molar refractivity (Wildman–Crippen MR) is 75.5 cm³/mol. The van der Waals surface area contributed by atoms with Crippen LogP contribution in [-0.2, 0) is 23.8 Å². The van der Waals surface area contributed by atoms with Gasteiger partial charge in [0, 0.05) is 0 Å². The van der Waals surface area contributed by atoms with E-state index in [0.717, 1.165) is 58.5 Å². The molecule has 2 fully saturated rings. The minimum atomic E-state index is -3.83. The van der Waals surface area contributed by atoms with Crippen molar-refractivity contribution in [1.29, 1.82) is 0 Å². The van der Waals surface area contributed by atoms with E-state index in [4.69, 9.17) is 4.74 Å². The van der Waals surface area contributed by atoms with E-state index in [1.54, 1.807) is 0 Å². The molecular weight excluding hydrogens is 318 g/mol. The molecule has 0 spiro atoms. The standard InChI is InChI=1S/C14H22F2O5S/c1-18-20-21-22-14(15,16)13(17)19-12(10-6-2-3-7-10)11-8-4-5-9-11/h10-12H,2-9H2,1H3. The maximum atomic E-state index is 13.7. The number of ether oxygens (including phenoxy) is 1. The first-order valence-corrected chi connectivity index (χ1v) is 8.43. The van der Waals surface area contributed by atoms with Gasteiger partial charge >= 0.3 is 11.2 Å². The zero-order chi connectivity index (χ0) is 16.0. The Hall–Kier alpha value is -0.440. The molecule has 0 aromatic carbocycles. The van der Waals surface area contributed by atoms with Crippen molar-refractivity contribution in [3.63, 3.8) is 0 Å². The second-order valence-corrected chi connectivity index (χ2v) is 6.68. The van der Waals surface area contributed by atoms with Gasteiger partial charge in [0.25, 0.3) is 0 Å². The lowest BCUT2D eigenvalue weighted by Gasteiger charge is -2.30. The summed E-state index contributed by atoms with van der Waals surface area (Å²) >= 11 is -0.417. The lowest BCUT2D eigenvalue weighted by atomic mass is 9.88. The van der Waals surface area contributed by atoms with E-state index in [9.17, 15) is 13.6 Å². The van der Waals surface area contributed by atoms with E-state index in [1.165, 1.54) is 0 Å². The van der Waals surface area contributed by atoms with Crippen LogP contribution < -0.4 is 0 Å². The summed E-state index contributed by atoms with van der Waals surface area (Å²) in [6.07, 6.45) is 7.64. The summed E-state index contributed by atoms with van der Waals surface area (Å²) in [5, 5.41) is 0.0739. The number of hydrogen-bond donors (Lipinski definition) is 0. The highest BCUT2D eigenvalue weighted by molar-refractivity contribution is 7.96. The Morgan fingerprint density at radius 3 is 2.05 bits per heavy atom. The molecule has 2 aliphatic rings. The summed E-state index contributed by atoms with van der Waals surface area (Å²) in [6, 6.07) is 0. The average Bonchev–Trinajstić information content (AvgIpc) is 3.18. The third kappa shape index (κ3) is 4.78. The molecule has 0 heterocycles. The van der Waals surface area contributed by atoms with Crippen LogP contribution in [0, 0.1) is 11.8 Å². The number of carbonyl (C=O) groups excluding carboxylic acids is 1. The van der Waals surface area contributed by atoms with Crippen LogP contribution in [0.3, 0.4) is 0 Å². The van der Waals surface area contributed by atoms with Crippen molar-refractivity contribution in [3.05, 3.63) is 0 Å². The molecule has 0 aliphatic heterocycles. The minimum absolute atomic E-state index is 0.198. The molecule has 0 aromatic rings. The van der Waals surface area contributed by atoms with E-state index in [1.807, 2.05) is 0 Å². The van der Waals surface area contributed by atoms with Crippen molar-refractivity contribution < 1.29 is 32.6 Å². The smallest absolute Gasteiger partial charge is 0.415 e. The molecule has 2 rings (SSSR count). The van der Waals surface area contributed by atoms with Crippen LogP contribution in [0.5, 0.6) is 0 Å². The summed E-state index contributed by atoms with van der Waals surface area (Å²) in [6.45, 7) is 0. The zero-order valence-corrected chi connectivity index (χ0v) is 13.4. The highest BCUT2D eigenvalue weighted by Gasteiger charge is 2.47. The Bertz CT molecular complexity index is 341. The van der Waals surface area contributed by atoms with Gasteiger partial charge in [0.05, 0.1) is 7.11 Å². The molecule has 0 amide bonds. The van der Waals surface area contributed by atoms with Crippen LogP contribution in [0.2, 0.25) is 0 Å². The zero-order valence-electron chi connectivity index (χ0n) is 12.6. The molecule has 5 nitrogen and oxygen atoms in total. The SMILES string of the molecule is COOOSC(F)(F)C(=O)OC(C1CCCC1)C1CCCC1. The molecule has 2 saturated carbocycles. The Morgan fingerprint density at radius 2 is 1.59 bits per heavy atom. The van der Waals surface area contributed by atoms with E-state index in [-0.39, 0.29) is 11.8 Å². The fourth-order valence-corrected chi connectivity index (χ4v) is 3.74. The van der Waals surface area contributed by atoms with Gasteiger partial charge in [0.1, 0.15) is 18.1 Å². The van der Waals surface area contributed by atoms with Crippen molar-refractivity contribution in [2.45, 2.75) is 62.7 Å². The van der Waals surface area contributed by atoms with Crippen molar-refractivity contribution >= 4 is 18.0 Å². The van der Waals surface area contributed by atoms with E-state index in [0.29, 0.717) is 0 Å².